The molecule has 2 aliphatic carbocycles. The van der Waals surface area contributed by atoms with E-state index in [1.54, 1.807) is 0 Å². The Morgan fingerprint density at radius 1 is 1.10 bits per heavy atom. The quantitative estimate of drug-likeness (QED) is 0.523. The third kappa shape index (κ3) is 4.07. The molecule has 0 bridgehead atoms. The molecular formula is C22H27F2N3O3S. The smallest absolute Gasteiger partial charge is 0.233 e. The molecule has 6 nitrogen and oxygen atoms in total. The van der Waals surface area contributed by atoms with Crippen molar-refractivity contribution < 1.29 is 23.2 Å². The van der Waals surface area contributed by atoms with E-state index in [-0.39, 0.29) is 10.7 Å². The monoisotopic (exact) mass is 451 g/mol. The molecule has 2 unspecified atom stereocenters. The fourth-order valence-electron chi connectivity index (χ4n) is 4.54. The van der Waals surface area contributed by atoms with Crippen LogP contribution >= 0.6 is 0 Å². The summed E-state index contributed by atoms with van der Waals surface area (Å²) in [6.07, 6.45) is 2.63. The van der Waals surface area contributed by atoms with Crippen molar-refractivity contribution in [3.05, 3.63) is 57.7 Å². The van der Waals surface area contributed by atoms with Crippen molar-refractivity contribution in [3.8, 4) is 0 Å². The van der Waals surface area contributed by atoms with E-state index in [1.165, 1.54) is 26.0 Å². The van der Waals surface area contributed by atoms with Crippen molar-refractivity contribution in [2.75, 3.05) is 5.32 Å². The summed E-state index contributed by atoms with van der Waals surface area (Å²) in [5, 5.41) is 29.2. The van der Waals surface area contributed by atoms with Crippen LogP contribution in [-0.4, -0.2) is 20.8 Å². The zero-order valence-corrected chi connectivity index (χ0v) is 18.4. The Morgan fingerprint density at radius 2 is 1.65 bits per heavy atom. The van der Waals surface area contributed by atoms with Gasteiger partial charge in [-0.05, 0) is 92.3 Å². The number of fused-ring (bicyclic) bond motifs is 2. The number of rotatable bonds is 5. The van der Waals surface area contributed by atoms with Crippen molar-refractivity contribution in [1.29, 1.82) is 0 Å². The summed E-state index contributed by atoms with van der Waals surface area (Å²) in [6.45, 7) is 3.00. The molecule has 0 fully saturated rings. The molecule has 5 N–H and O–H groups in total. The molecule has 0 aromatic heterocycles. The van der Waals surface area contributed by atoms with Crippen LogP contribution in [0.5, 0.6) is 0 Å². The van der Waals surface area contributed by atoms with E-state index in [0.717, 1.165) is 30.0 Å². The third-order valence-corrected chi connectivity index (χ3v) is 7.53. The highest BCUT2D eigenvalue weighted by molar-refractivity contribution is 7.91. The Bertz CT molecular complexity index is 1130. The van der Waals surface area contributed by atoms with Gasteiger partial charge in [-0.3, -0.25) is 0 Å². The van der Waals surface area contributed by atoms with Crippen LogP contribution in [0.25, 0.3) is 0 Å². The van der Waals surface area contributed by atoms with Crippen molar-refractivity contribution in [3.63, 3.8) is 0 Å². The van der Waals surface area contributed by atoms with Crippen LogP contribution in [0.2, 0.25) is 0 Å². The van der Waals surface area contributed by atoms with Crippen LogP contribution in [0.4, 0.5) is 14.5 Å². The SMILES string of the molecule is CC(C)(O)c1ccc(S(N)(=O)=NC(O)Nc2c3c(c(F)c4c2CCC4)CCC3)c(F)c1. The lowest BCUT2D eigenvalue weighted by molar-refractivity contribution is 0.0781. The maximum absolute atomic E-state index is 14.8. The second-order valence-electron chi connectivity index (χ2n) is 8.71. The number of hydrogen-bond donors (Lipinski definition) is 4. The number of halogens is 2. The summed E-state index contributed by atoms with van der Waals surface area (Å²) in [5.74, 6) is -1.03. The standard InChI is InChI=1S/C22H27F2N3O3S/c1-22(2,29)12-9-10-18(17(23)11-12)31(25,30)27-21(28)26-20-15-7-3-5-13(15)19(24)14-6-4-8-16(14)20/h9-11,21,26,28-29H,3-8H2,1-2H3,(H2,25,27,30). The van der Waals surface area contributed by atoms with Gasteiger partial charge in [0.2, 0.25) is 6.35 Å². The zero-order valence-electron chi connectivity index (χ0n) is 17.5. The molecule has 0 amide bonds. The summed E-state index contributed by atoms with van der Waals surface area (Å²) in [5.41, 5.74) is 2.60. The Balaban J connectivity index is 1.68. The minimum absolute atomic E-state index is 0.145. The molecule has 2 atom stereocenters. The molecule has 0 saturated heterocycles. The minimum Gasteiger partial charge on any atom is -0.386 e. The first-order valence-corrected chi connectivity index (χ1v) is 11.9. The van der Waals surface area contributed by atoms with Gasteiger partial charge in [0, 0.05) is 5.69 Å². The Hall–Kier alpha value is -2.07. The zero-order chi connectivity index (χ0) is 22.6. The third-order valence-electron chi connectivity index (χ3n) is 6.05. The summed E-state index contributed by atoms with van der Waals surface area (Å²) >= 11 is 0. The van der Waals surface area contributed by atoms with Gasteiger partial charge in [0.15, 0.2) is 0 Å². The van der Waals surface area contributed by atoms with Crippen LogP contribution in [0.1, 0.15) is 54.5 Å². The molecule has 0 heterocycles. The maximum Gasteiger partial charge on any atom is 0.233 e. The highest BCUT2D eigenvalue weighted by atomic mass is 32.2. The molecule has 2 aromatic rings. The molecule has 9 heteroatoms. The molecule has 0 radical (unpaired) electrons. The highest BCUT2D eigenvalue weighted by Gasteiger charge is 2.30. The largest absolute Gasteiger partial charge is 0.386 e. The highest BCUT2D eigenvalue weighted by Crippen LogP contribution is 2.41. The van der Waals surface area contributed by atoms with Crippen molar-refractivity contribution in [2.45, 2.75) is 69.2 Å². The van der Waals surface area contributed by atoms with Gasteiger partial charge in [-0.2, -0.15) is 4.36 Å². The number of aliphatic hydroxyl groups is 2. The number of benzene rings is 2. The summed E-state index contributed by atoms with van der Waals surface area (Å²) < 4.78 is 46.1. The van der Waals surface area contributed by atoms with E-state index >= 15 is 0 Å². The van der Waals surface area contributed by atoms with Crippen LogP contribution in [0.15, 0.2) is 27.5 Å². The van der Waals surface area contributed by atoms with E-state index in [9.17, 15) is 23.2 Å². The normalized spacial score (nSPS) is 18.3. The molecule has 31 heavy (non-hydrogen) atoms. The lowest BCUT2D eigenvalue weighted by Gasteiger charge is -2.20. The number of aliphatic hydroxyl groups excluding tert-OH is 1. The fraction of sp³-hybridized carbons (Fsp3) is 0.455. The first-order chi connectivity index (χ1) is 14.5. The molecule has 168 valence electrons. The van der Waals surface area contributed by atoms with Crippen LogP contribution in [0.3, 0.4) is 0 Å². The van der Waals surface area contributed by atoms with Crippen molar-refractivity contribution in [2.24, 2.45) is 9.50 Å². The predicted molar refractivity (Wildman–Crippen MR) is 115 cm³/mol. The Morgan fingerprint density at radius 3 is 2.16 bits per heavy atom. The van der Waals surface area contributed by atoms with Crippen LogP contribution in [-0.2, 0) is 41.2 Å². The van der Waals surface area contributed by atoms with Gasteiger partial charge in [0.1, 0.15) is 21.5 Å². The van der Waals surface area contributed by atoms with Gasteiger partial charge in [-0.15, -0.1) is 0 Å². The van der Waals surface area contributed by atoms with Gasteiger partial charge >= 0.3 is 0 Å². The second-order valence-corrected chi connectivity index (χ2v) is 10.5. The van der Waals surface area contributed by atoms with Gasteiger partial charge in [-0.1, -0.05) is 6.07 Å². The molecule has 0 saturated carbocycles. The van der Waals surface area contributed by atoms with Crippen molar-refractivity contribution >= 4 is 15.6 Å². The van der Waals surface area contributed by atoms with E-state index in [4.69, 9.17) is 5.14 Å². The maximum atomic E-state index is 14.8. The summed E-state index contributed by atoms with van der Waals surface area (Å²) in [7, 11) is -3.78. The average molecular weight is 452 g/mol. The molecule has 4 rings (SSSR count). The topological polar surface area (TPSA) is 108 Å². The predicted octanol–water partition coefficient (Wildman–Crippen LogP) is 3.26. The second kappa shape index (κ2) is 7.81. The molecular weight excluding hydrogens is 424 g/mol. The van der Waals surface area contributed by atoms with E-state index in [0.29, 0.717) is 48.1 Å². The van der Waals surface area contributed by atoms with Gasteiger partial charge in [-0.25, -0.2) is 18.1 Å². The Kier molecular flexibility index (Phi) is 5.58. The molecule has 0 spiro atoms. The Labute approximate surface area is 180 Å². The van der Waals surface area contributed by atoms with Crippen molar-refractivity contribution in [1.82, 2.24) is 0 Å². The number of nitrogens with two attached hydrogens (primary N) is 1. The van der Waals surface area contributed by atoms with Gasteiger partial charge in [0.05, 0.1) is 10.5 Å². The first-order valence-electron chi connectivity index (χ1n) is 10.3. The first kappa shape index (κ1) is 22.1. The average Bonchev–Trinajstić information content (AvgIpc) is 3.33. The van der Waals surface area contributed by atoms with E-state index < -0.39 is 27.7 Å². The number of nitrogens with zero attached hydrogens (tertiary/aromatic N) is 1. The fourth-order valence-corrected chi connectivity index (χ4v) is 5.61. The minimum atomic E-state index is -3.78. The lowest BCUT2D eigenvalue weighted by atomic mass is 9.98. The summed E-state index contributed by atoms with van der Waals surface area (Å²) in [4.78, 5) is -0.365. The van der Waals surface area contributed by atoms with E-state index in [1.807, 2.05) is 0 Å². The molecule has 2 aromatic carbocycles. The van der Waals surface area contributed by atoms with Crippen LogP contribution in [0, 0.1) is 11.6 Å². The van der Waals surface area contributed by atoms with E-state index in [2.05, 4.69) is 9.68 Å². The number of anilines is 1. The molecule has 2 aliphatic rings. The summed E-state index contributed by atoms with van der Waals surface area (Å²) in [6, 6.07) is 3.67. The van der Waals surface area contributed by atoms with Crippen LogP contribution < -0.4 is 10.5 Å². The molecule has 0 aliphatic heterocycles. The van der Waals surface area contributed by atoms with Gasteiger partial charge < -0.3 is 15.5 Å². The lowest BCUT2D eigenvalue weighted by Crippen LogP contribution is -2.25. The van der Waals surface area contributed by atoms with Gasteiger partial charge in [0.25, 0.3) is 0 Å². The number of hydrogen-bond acceptors (Lipinski definition) is 5. The number of nitrogens with one attached hydrogen (secondary N) is 1.